The van der Waals surface area contributed by atoms with Gasteiger partial charge in [-0.1, -0.05) is 31.1 Å². The number of thioether (sulfide) groups is 1. The molecule has 1 atom stereocenters. The molecule has 2 aromatic rings. The molecule has 1 aliphatic rings. The van der Waals surface area contributed by atoms with Crippen molar-refractivity contribution < 1.29 is 9.32 Å². The van der Waals surface area contributed by atoms with E-state index in [1.807, 2.05) is 6.92 Å². The van der Waals surface area contributed by atoms with Crippen molar-refractivity contribution in [2.24, 2.45) is 4.99 Å². The van der Waals surface area contributed by atoms with Gasteiger partial charge in [-0.2, -0.15) is 0 Å². The Labute approximate surface area is 140 Å². The summed E-state index contributed by atoms with van der Waals surface area (Å²) in [5.74, 6) is 0.733. The monoisotopic (exact) mass is 328 g/mol. The summed E-state index contributed by atoms with van der Waals surface area (Å²) >= 11 is 1.70. The summed E-state index contributed by atoms with van der Waals surface area (Å²) < 4.78 is 5.46. The Hall–Kier alpha value is -1.88. The summed E-state index contributed by atoms with van der Waals surface area (Å²) in [5, 5.41) is 4.05. The predicted octanol–water partition coefficient (Wildman–Crippen LogP) is 4.16. The van der Waals surface area contributed by atoms with Crippen molar-refractivity contribution in [3.8, 4) is 0 Å². The highest BCUT2D eigenvalue weighted by Gasteiger charge is 2.34. The van der Waals surface area contributed by atoms with Crippen molar-refractivity contribution >= 4 is 23.3 Å². The Morgan fingerprint density at radius 2 is 1.96 bits per heavy atom. The van der Waals surface area contributed by atoms with Crippen LogP contribution in [-0.2, 0) is 6.42 Å². The molecule has 1 aromatic heterocycles. The van der Waals surface area contributed by atoms with Gasteiger partial charge >= 0.3 is 0 Å². The van der Waals surface area contributed by atoms with E-state index in [0.29, 0.717) is 12.1 Å². The Bertz CT molecular complexity index is 747. The summed E-state index contributed by atoms with van der Waals surface area (Å²) in [6, 6.07) is 7.90. The number of carbonyl (C=O) groups excluding carboxylic acids is 1. The number of nitrogens with zero attached hydrogens (tertiary/aromatic N) is 2. The fourth-order valence-electron chi connectivity index (χ4n) is 2.82. The third kappa shape index (κ3) is 2.85. The van der Waals surface area contributed by atoms with Gasteiger partial charge in [0.2, 0.25) is 5.78 Å². The van der Waals surface area contributed by atoms with Crippen LogP contribution in [0.25, 0.3) is 0 Å². The van der Waals surface area contributed by atoms with Gasteiger partial charge in [-0.25, -0.2) is 0 Å². The lowest BCUT2D eigenvalue weighted by molar-refractivity contribution is 0.0949. The van der Waals surface area contributed by atoms with Crippen LogP contribution < -0.4 is 0 Å². The first-order valence-electron chi connectivity index (χ1n) is 7.94. The molecule has 0 amide bonds. The van der Waals surface area contributed by atoms with Gasteiger partial charge < -0.3 is 4.52 Å². The third-order valence-corrected chi connectivity index (χ3v) is 4.79. The Balaban J connectivity index is 2.13. The molecule has 1 unspecified atom stereocenters. The van der Waals surface area contributed by atoms with E-state index in [2.05, 4.69) is 42.6 Å². The van der Waals surface area contributed by atoms with E-state index in [0.717, 1.165) is 35.4 Å². The molecule has 1 aromatic carbocycles. The quantitative estimate of drug-likeness (QED) is 0.773. The molecule has 0 aliphatic carbocycles. The molecule has 0 N–H and O–H groups in total. The third-order valence-electron chi connectivity index (χ3n) is 4.05. The van der Waals surface area contributed by atoms with Crippen molar-refractivity contribution in [1.82, 2.24) is 5.16 Å². The van der Waals surface area contributed by atoms with E-state index in [-0.39, 0.29) is 11.8 Å². The number of Topliss-reactive ketones (excluding diaryl/α,β-unsaturated/α-hetero) is 1. The zero-order valence-corrected chi connectivity index (χ0v) is 14.4. The summed E-state index contributed by atoms with van der Waals surface area (Å²) in [7, 11) is 0. The molecule has 2 heterocycles. The zero-order valence-electron chi connectivity index (χ0n) is 13.6. The number of hydrogen-bond acceptors (Lipinski definition) is 5. The summed E-state index contributed by atoms with van der Waals surface area (Å²) in [6.07, 6.45) is 4.41. The molecule has 0 radical (unpaired) electrons. The molecule has 120 valence electrons. The second-order valence-electron chi connectivity index (χ2n) is 5.57. The average molecular weight is 328 g/mol. The molecule has 3 rings (SSSR count). The van der Waals surface area contributed by atoms with E-state index < -0.39 is 0 Å². The van der Waals surface area contributed by atoms with Crippen molar-refractivity contribution in [1.29, 1.82) is 0 Å². The van der Waals surface area contributed by atoms with Crippen LogP contribution >= 0.6 is 11.8 Å². The van der Waals surface area contributed by atoms with Gasteiger partial charge in [-0.05, 0) is 31.2 Å². The highest BCUT2D eigenvalue weighted by molar-refractivity contribution is 7.98. The van der Waals surface area contributed by atoms with Gasteiger partial charge in [-0.15, -0.1) is 11.8 Å². The Kier molecular flexibility index (Phi) is 4.66. The first kappa shape index (κ1) is 16.0. The zero-order chi connectivity index (χ0) is 16.4. The molecule has 5 heteroatoms. The molecule has 0 bridgehead atoms. The fourth-order valence-corrected chi connectivity index (χ4v) is 3.22. The SMILES string of the molecule is CCCc1onc2c1C(c1ccc(SC)cc1)=NC(CC)C2=O. The summed E-state index contributed by atoms with van der Waals surface area (Å²) in [4.78, 5) is 18.4. The van der Waals surface area contributed by atoms with Crippen LogP contribution in [0.2, 0.25) is 0 Å². The molecular weight excluding hydrogens is 308 g/mol. The van der Waals surface area contributed by atoms with Crippen LogP contribution in [-0.4, -0.2) is 28.9 Å². The van der Waals surface area contributed by atoms with Gasteiger partial charge in [0.15, 0.2) is 5.69 Å². The lowest BCUT2D eigenvalue weighted by atomic mass is 9.91. The van der Waals surface area contributed by atoms with E-state index in [1.54, 1.807) is 11.8 Å². The van der Waals surface area contributed by atoms with Crippen molar-refractivity contribution in [2.45, 2.75) is 44.0 Å². The van der Waals surface area contributed by atoms with E-state index in [9.17, 15) is 4.79 Å². The number of aryl methyl sites for hydroxylation is 1. The van der Waals surface area contributed by atoms with Crippen molar-refractivity contribution in [2.75, 3.05) is 6.26 Å². The number of aromatic nitrogens is 1. The Morgan fingerprint density at radius 3 is 2.57 bits per heavy atom. The van der Waals surface area contributed by atoms with Crippen LogP contribution in [0.3, 0.4) is 0 Å². The molecule has 1 aliphatic heterocycles. The van der Waals surface area contributed by atoms with Crippen LogP contribution in [0.15, 0.2) is 38.7 Å². The van der Waals surface area contributed by atoms with Crippen LogP contribution in [0.5, 0.6) is 0 Å². The molecule has 0 saturated heterocycles. The van der Waals surface area contributed by atoms with Crippen LogP contribution in [0.1, 0.15) is 54.1 Å². The molecule has 23 heavy (non-hydrogen) atoms. The number of ketones is 1. The highest BCUT2D eigenvalue weighted by Crippen LogP contribution is 2.28. The first-order valence-corrected chi connectivity index (χ1v) is 9.17. The second kappa shape index (κ2) is 6.71. The molecule has 4 nitrogen and oxygen atoms in total. The normalized spacial score (nSPS) is 17.1. The lowest BCUT2D eigenvalue weighted by Crippen LogP contribution is -2.28. The van der Waals surface area contributed by atoms with Crippen molar-refractivity contribution in [3.63, 3.8) is 0 Å². The maximum absolute atomic E-state index is 12.5. The van der Waals surface area contributed by atoms with Gasteiger partial charge in [0, 0.05) is 16.9 Å². The standard InChI is InChI=1S/C18H20N2O2S/c1-4-6-14-15-16(11-7-9-12(23-3)10-8-11)19-13(5-2)18(21)17(15)20-22-14/h7-10,13H,4-6H2,1-3H3. The van der Waals surface area contributed by atoms with Crippen LogP contribution in [0.4, 0.5) is 0 Å². The topological polar surface area (TPSA) is 55.5 Å². The number of aliphatic imine (C=N–C) groups is 1. The van der Waals surface area contributed by atoms with E-state index in [1.165, 1.54) is 4.90 Å². The molecule has 0 fully saturated rings. The fraction of sp³-hybridized carbons (Fsp3) is 0.389. The minimum absolute atomic E-state index is 0.0295. The van der Waals surface area contributed by atoms with Crippen molar-refractivity contribution in [3.05, 3.63) is 46.8 Å². The maximum Gasteiger partial charge on any atom is 0.209 e. The first-order chi connectivity index (χ1) is 11.2. The van der Waals surface area contributed by atoms with Crippen LogP contribution in [0, 0.1) is 0 Å². The smallest absolute Gasteiger partial charge is 0.209 e. The maximum atomic E-state index is 12.5. The van der Waals surface area contributed by atoms with E-state index in [4.69, 9.17) is 9.52 Å². The molecular formula is C18H20N2O2S. The summed E-state index contributed by atoms with van der Waals surface area (Å²) in [6.45, 7) is 4.05. The second-order valence-corrected chi connectivity index (χ2v) is 6.45. The number of fused-ring (bicyclic) bond motifs is 1. The minimum atomic E-state index is -0.364. The average Bonchev–Trinajstić information content (AvgIpc) is 3.00. The summed E-state index contributed by atoms with van der Waals surface area (Å²) in [5.41, 5.74) is 3.08. The lowest BCUT2D eigenvalue weighted by Gasteiger charge is -2.18. The number of hydrogen-bond donors (Lipinski definition) is 0. The van der Waals surface area contributed by atoms with Gasteiger partial charge in [0.25, 0.3) is 0 Å². The highest BCUT2D eigenvalue weighted by atomic mass is 32.2. The molecule has 0 saturated carbocycles. The van der Waals surface area contributed by atoms with Gasteiger partial charge in [-0.3, -0.25) is 9.79 Å². The van der Waals surface area contributed by atoms with E-state index >= 15 is 0 Å². The Morgan fingerprint density at radius 1 is 1.22 bits per heavy atom. The molecule has 0 spiro atoms. The number of benzene rings is 1. The predicted molar refractivity (Wildman–Crippen MR) is 92.8 cm³/mol. The number of rotatable bonds is 5. The largest absolute Gasteiger partial charge is 0.360 e. The minimum Gasteiger partial charge on any atom is -0.360 e. The number of carbonyl (C=O) groups is 1. The van der Waals surface area contributed by atoms with Gasteiger partial charge in [0.05, 0.1) is 11.3 Å². The van der Waals surface area contributed by atoms with Gasteiger partial charge in [0.1, 0.15) is 11.8 Å².